The maximum absolute atomic E-state index is 12.8. The van der Waals surface area contributed by atoms with Gasteiger partial charge < -0.3 is 19.7 Å². The Morgan fingerprint density at radius 1 is 1.07 bits per heavy atom. The van der Waals surface area contributed by atoms with E-state index in [2.05, 4.69) is 5.32 Å². The second kappa shape index (κ2) is 8.96. The lowest BCUT2D eigenvalue weighted by atomic mass is 10.1. The highest BCUT2D eigenvalue weighted by Gasteiger charge is 2.24. The van der Waals surface area contributed by atoms with E-state index in [1.807, 2.05) is 68.3 Å². The van der Waals surface area contributed by atoms with Gasteiger partial charge in [-0.3, -0.25) is 14.5 Å². The van der Waals surface area contributed by atoms with Crippen molar-refractivity contribution >= 4 is 17.5 Å². The van der Waals surface area contributed by atoms with E-state index in [0.29, 0.717) is 6.54 Å². The number of fused-ring (bicyclic) bond motifs is 1. The number of hydrogen-bond acceptors (Lipinski definition) is 5. The van der Waals surface area contributed by atoms with E-state index in [-0.39, 0.29) is 31.2 Å². The number of carbonyl (C=O) groups is 2. The molecule has 0 saturated heterocycles. The number of rotatable bonds is 7. The summed E-state index contributed by atoms with van der Waals surface area (Å²) in [5, 5.41) is 2.81. The number of benzene rings is 2. The van der Waals surface area contributed by atoms with E-state index < -0.39 is 0 Å². The van der Waals surface area contributed by atoms with Gasteiger partial charge in [0.25, 0.3) is 0 Å². The van der Waals surface area contributed by atoms with Gasteiger partial charge in [-0.1, -0.05) is 23.8 Å². The van der Waals surface area contributed by atoms with Crippen LogP contribution in [0.1, 0.15) is 18.1 Å². The Labute approximate surface area is 171 Å². The fraction of sp³-hybridized carbons (Fsp3) is 0.364. The minimum Gasteiger partial charge on any atom is -0.454 e. The van der Waals surface area contributed by atoms with Gasteiger partial charge in [-0.05, 0) is 50.7 Å². The summed E-state index contributed by atoms with van der Waals surface area (Å²) >= 11 is 0. The minimum absolute atomic E-state index is 0.00505. The van der Waals surface area contributed by atoms with Crippen LogP contribution in [0.2, 0.25) is 0 Å². The van der Waals surface area contributed by atoms with E-state index in [0.717, 1.165) is 28.3 Å². The fourth-order valence-electron chi connectivity index (χ4n) is 3.10. The maximum Gasteiger partial charge on any atom is 0.243 e. The highest BCUT2D eigenvalue weighted by molar-refractivity contribution is 5.95. The molecule has 0 aliphatic carbocycles. The van der Waals surface area contributed by atoms with Gasteiger partial charge in [0.1, 0.15) is 0 Å². The predicted octanol–water partition coefficient (Wildman–Crippen LogP) is 2.64. The highest BCUT2D eigenvalue weighted by atomic mass is 16.7. The number of hydrogen-bond donors (Lipinski definition) is 1. The molecule has 0 radical (unpaired) electrons. The molecule has 0 aromatic heterocycles. The van der Waals surface area contributed by atoms with Crippen LogP contribution in [0.15, 0.2) is 42.5 Å². The molecular formula is C22H27N3O4. The van der Waals surface area contributed by atoms with Crippen molar-refractivity contribution in [3.05, 3.63) is 53.6 Å². The standard InChI is InChI=1S/C22H27N3O4/c1-15-5-8-18(9-6-15)23-21(26)13-25(4)22(27)16(2)24(3)12-17-7-10-19-20(11-17)29-14-28-19/h5-11,16H,12-14H2,1-4H3,(H,23,26)/t16-/m0/s1. The van der Waals surface area contributed by atoms with Gasteiger partial charge in [-0.15, -0.1) is 0 Å². The Bertz CT molecular complexity index is 882. The summed E-state index contributed by atoms with van der Waals surface area (Å²) in [5.74, 6) is 1.11. The smallest absolute Gasteiger partial charge is 0.243 e. The zero-order valence-corrected chi connectivity index (χ0v) is 17.3. The Balaban J connectivity index is 1.52. The first-order valence-corrected chi connectivity index (χ1v) is 9.54. The molecule has 3 rings (SSSR count). The quantitative estimate of drug-likeness (QED) is 0.778. The average molecular weight is 397 g/mol. The number of carbonyl (C=O) groups excluding carboxylic acids is 2. The number of nitrogens with zero attached hydrogens (tertiary/aromatic N) is 2. The van der Waals surface area contributed by atoms with Gasteiger partial charge in [0.05, 0.1) is 12.6 Å². The maximum atomic E-state index is 12.8. The Hall–Kier alpha value is -3.06. The molecular weight excluding hydrogens is 370 g/mol. The monoisotopic (exact) mass is 397 g/mol. The van der Waals surface area contributed by atoms with Crippen molar-refractivity contribution in [1.29, 1.82) is 0 Å². The molecule has 0 fully saturated rings. The van der Waals surface area contributed by atoms with Crippen molar-refractivity contribution in [2.75, 3.05) is 32.7 Å². The number of aryl methyl sites for hydroxylation is 1. The van der Waals surface area contributed by atoms with Gasteiger partial charge in [-0.25, -0.2) is 0 Å². The van der Waals surface area contributed by atoms with Crippen LogP contribution in [-0.2, 0) is 16.1 Å². The first-order valence-electron chi connectivity index (χ1n) is 9.54. The third kappa shape index (κ3) is 5.26. The fourth-order valence-corrected chi connectivity index (χ4v) is 3.10. The van der Waals surface area contributed by atoms with Crippen molar-refractivity contribution in [2.24, 2.45) is 0 Å². The normalized spacial score (nSPS) is 13.3. The molecule has 1 aliphatic rings. The summed E-state index contributed by atoms with van der Waals surface area (Å²) in [6, 6.07) is 12.9. The molecule has 1 aliphatic heterocycles. The number of likely N-dealkylation sites (N-methyl/N-ethyl adjacent to an activating group) is 2. The minimum atomic E-state index is -0.377. The summed E-state index contributed by atoms with van der Waals surface area (Å²) in [6.45, 7) is 4.63. The zero-order chi connectivity index (χ0) is 21.0. The van der Waals surface area contributed by atoms with E-state index in [4.69, 9.17) is 9.47 Å². The molecule has 2 aromatic carbocycles. The molecule has 7 heteroatoms. The lowest BCUT2D eigenvalue weighted by Gasteiger charge is -2.28. The Kier molecular flexibility index (Phi) is 6.39. The van der Waals surface area contributed by atoms with E-state index in [1.165, 1.54) is 4.90 Å². The SMILES string of the molecule is Cc1ccc(NC(=O)CN(C)C(=O)[C@H](C)N(C)Cc2ccc3c(c2)OCO3)cc1. The van der Waals surface area contributed by atoms with Crippen molar-refractivity contribution in [2.45, 2.75) is 26.4 Å². The van der Waals surface area contributed by atoms with Crippen LogP contribution in [0, 0.1) is 6.92 Å². The second-order valence-electron chi connectivity index (χ2n) is 7.39. The predicted molar refractivity (Wildman–Crippen MR) is 111 cm³/mol. The summed E-state index contributed by atoms with van der Waals surface area (Å²) in [4.78, 5) is 28.4. The van der Waals surface area contributed by atoms with Crippen LogP contribution in [0.4, 0.5) is 5.69 Å². The Morgan fingerprint density at radius 2 is 1.76 bits per heavy atom. The van der Waals surface area contributed by atoms with Gasteiger partial charge in [-0.2, -0.15) is 0 Å². The van der Waals surface area contributed by atoms with E-state index in [9.17, 15) is 9.59 Å². The molecule has 7 nitrogen and oxygen atoms in total. The summed E-state index contributed by atoms with van der Waals surface area (Å²) in [5.41, 5.74) is 2.86. The van der Waals surface area contributed by atoms with Gasteiger partial charge >= 0.3 is 0 Å². The highest BCUT2D eigenvalue weighted by Crippen LogP contribution is 2.32. The van der Waals surface area contributed by atoms with Crippen LogP contribution in [-0.4, -0.2) is 55.1 Å². The number of amides is 2. The molecule has 2 amide bonds. The molecule has 0 saturated carbocycles. The van der Waals surface area contributed by atoms with Gasteiger partial charge in [0.2, 0.25) is 18.6 Å². The summed E-state index contributed by atoms with van der Waals surface area (Å²) in [7, 11) is 3.52. The molecule has 1 N–H and O–H groups in total. The lowest BCUT2D eigenvalue weighted by Crippen LogP contribution is -2.46. The molecule has 0 unspecified atom stereocenters. The lowest BCUT2D eigenvalue weighted by molar-refractivity contribution is -0.137. The molecule has 0 bridgehead atoms. The van der Waals surface area contributed by atoms with Crippen LogP contribution >= 0.6 is 0 Å². The van der Waals surface area contributed by atoms with Gasteiger partial charge in [0.15, 0.2) is 11.5 Å². The van der Waals surface area contributed by atoms with Crippen LogP contribution in [0.3, 0.4) is 0 Å². The van der Waals surface area contributed by atoms with Crippen LogP contribution < -0.4 is 14.8 Å². The third-order valence-corrected chi connectivity index (χ3v) is 4.98. The molecule has 154 valence electrons. The average Bonchev–Trinajstić information content (AvgIpc) is 3.16. The van der Waals surface area contributed by atoms with E-state index >= 15 is 0 Å². The summed E-state index contributed by atoms with van der Waals surface area (Å²) in [6.07, 6.45) is 0. The largest absolute Gasteiger partial charge is 0.454 e. The Morgan fingerprint density at radius 3 is 2.48 bits per heavy atom. The molecule has 29 heavy (non-hydrogen) atoms. The number of ether oxygens (including phenoxy) is 2. The topological polar surface area (TPSA) is 71.1 Å². The van der Waals surface area contributed by atoms with Crippen molar-refractivity contribution in [1.82, 2.24) is 9.80 Å². The van der Waals surface area contributed by atoms with Crippen molar-refractivity contribution in [3.63, 3.8) is 0 Å². The molecule has 2 aromatic rings. The van der Waals surface area contributed by atoms with E-state index in [1.54, 1.807) is 7.05 Å². The third-order valence-electron chi connectivity index (χ3n) is 4.98. The molecule has 1 atom stereocenters. The van der Waals surface area contributed by atoms with Crippen LogP contribution in [0.5, 0.6) is 11.5 Å². The first-order chi connectivity index (χ1) is 13.8. The first kappa shape index (κ1) is 20.7. The van der Waals surface area contributed by atoms with Crippen LogP contribution in [0.25, 0.3) is 0 Å². The summed E-state index contributed by atoms with van der Waals surface area (Å²) < 4.78 is 10.7. The number of anilines is 1. The molecule has 1 heterocycles. The number of nitrogens with one attached hydrogen (secondary N) is 1. The van der Waals surface area contributed by atoms with Gasteiger partial charge in [0, 0.05) is 19.3 Å². The van der Waals surface area contributed by atoms with Crippen molar-refractivity contribution in [3.8, 4) is 11.5 Å². The zero-order valence-electron chi connectivity index (χ0n) is 17.3. The van der Waals surface area contributed by atoms with Crippen molar-refractivity contribution < 1.29 is 19.1 Å². The molecule has 0 spiro atoms. The second-order valence-corrected chi connectivity index (χ2v) is 7.39.